The monoisotopic (exact) mass is 371 g/mol. The molecule has 0 saturated carbocycles. The van der Waals surface area contributed by atoms with Crippen molar-refractivity contribution >= 4 is 29.6 Å². The summed E-state index contributed by atoms with van der Waals surface area (Å²) in [6.45, 7) is 8.41. The largest absolute Gasteiger partial charge is 0.494 e. The minimum Gasteiger partial charge on any atom is -0.399 e. The van der Waals surface area contributed by atoms with Gasteiger partial charge in [0.15, 0.2) is 0 Å². The first kappa shape index (κ1) is 17.8. The second-order valence-electron chi connectivity index (χ2n) is 8.84. The zero-order chi connectivity index (χ0) is 19.5. The number of para-hydroxylation sites is 1. The van der Waals surface area contributed by atoms with Crippen LogP contribution in [0.3, 0.4) is 0 Å². The van der Waals surface area contributed by atoms with Gasteiger partial charge in [0.1, 0.15) is 0 Å². The fraction of sp³-hybridized carbons (Fsp3) is 0.333. The molecule has 28 heavy (non-hydrogen) atoms. The fourth-order valence-electron chi connectivity index (χ4n) is 4.23. The topological polar surface area (TPSA) is 23.4 Å². The number of benzene rings is 2. The van der Waals surface area contributed by atoms with E-state index in [2.05, 4.69) is 92.9 Å². The van der Waals surface area contributed by atoms with Crippen LogP contribution in [-0.2, 0) is 15.7 Å². The molecule has 2 aromatic carbocycles. The van der Waals surface area contributed by atoms with Crippen molar-refractivity contribution in [2.45, 2.75) is 51.7 Å². The Bertz CT molecular complexity index is 1060. The quantitative estimate of drug-likeness (QED) is 0.599. The molecule has 0 unspecified atom stereocenters. The van der Waals surface area contributed by atoms with Crippen molar-refractivity contribution in [3.8, 4) is 5.69 Å². The summed E-state index contributed by atoms with van der Waals surface area (Å²) in [6.07, 6.45) is 6.69. The summed E-state index contributed by atoms with van der Waals surface area (Å²) >= 11 is 0. The Morgan fingerprint density at radius 2 is 1.64 bits per heavy atom. The van der Waals surface area contributed by atoms with Crippen molar-refractivity contribution in [3.63, 3.8) is 0 Å². The van der Waals surface area contributed by atoms with Gasteiger partial charge in [-0.3, -0.25) is 0 Å². The molecular weight excluding hydrogens is 345 g/mol. The predicted octanol–water partition coefficient (Wildman–Crippen LogP) is 4.89. The van der Waals surface area contributed by atoms with Crippen molar-refractivity contribution in [1.29, 1.82) is 0 Å². The molecule has 1 aliphatic carbocycles. The molecule has 0 atom stereocenters. The Labute approximate surface area is 167 Å². The van der Waals surface area contributed by atoms with Crippen molar-refractivity contribution in [3.05, 3.63) is 65.9 Å². The highest BCUT2D eigenvalue weighted by molar-refractivity contribution is 6.62. The van der Waals surface area contributed by atoms with E-state index in [1.165, 1.54) is 27.8 Å². The Morgan fingerprint density at radius 1 is 0.929 bits per heavy atom. The van der Waals surface area contributed by atoms with Gasteiger partial charge in [-0.15, -0.1) is 0 Å². The van der Waals surface area contributed by atoms with Gasteiger partial charge in [0.2, 0.25) is 0 Å². The van der Waals surface area contributed by atoms with E-state index < -0.39 is 0 Å². The molecular formula is C24H26BNO2. The fourth-order valence-corrected chi connectivity index (χ4v) is 4.23. The molecule has 0 radical (unpaired) electrons. The van der Waals surface area contributed by atoms with Gasteiger partial charge in [-0.25, -0.2) is 0 Å². The van der Waals surface area contributed by atoms with Gasteiger partial charge in [0.05, 0.1) is 16.7 Å². The third-order valence-corrected chi connectivity index (χ3v) is 6.51. The highest BCUT2D eigenvalue weighted by atomic mass is 16.7. The standard InChI is InChI=1S/C24H26BNO2/c1-23(2)24(3,4)28-25(27-23)17-14-15-22-20(16-17)19-12-8-9-13-21(19)26(22)18-10-6-5-7-11-18/h5-7,9-11,13-16H,8,12H2,1-4H3. The number of aromatic nitrogens is 1. The van der Waals surface area contributed by atoms with Crippen LogP contribution in [0.5, 0.6) is 0 Å². The molecule has 2 aliphatic rings. The molecule has 0 N–H and O–H groups in total. The van der Waals surface area contributed by atoms with E-state index in [4.69, 9.17) is 9.31 Å². The molecule has 3 nitrogen and oxygen atoms in total. The molecule has 3 aromatic rings. The summed E-state index contributed by atoms with van der Waals surface area (Å²) in [6, 6.07) is 17.2. The summed E-state index contributed by atoms with van der Waals surface area (Å²) in [5.74, 6) is 0. The summed E-state index contributed by atoms with van der Waals surface area (Å²) in [7, 11) is -0.329. The minimum absolute atomic E-state index is 0.329. The van der Waals surface area contributed by atoms with Gasteiger partial charge < -0.3 is 13.9 Å². The number of allylic oxidation sites excluding steroid dienone is 1. The molecule has 4 heteroatoms. The van der Waals surface area contributed by atoms with Crippen molar-refractivity contribution < 1.29 is 9.31 Å². The van der Waals surface area contributed by atoms with Gasteiger partial charge in [0, 0.05) is 16.8 Å². The maximum absolute atomic E-state index is 6.29. The predicted molar refractivity (Wildman–Crippen MR) is 116 cm³/mol. The first-order chi connectivity index (χ1) is 13.4. The van der Waals surface area contributed by atoms with Gasteiger partial charge >= 0.3 is 7.12 Å². The van der Waals surface area contributed by atoms with Crippen LogP contribution in [0.2, 0.25) is 0 Å². The van der Waals surface area contributed by atoms with Gasteiger partial charge in [-0.1, -0.05) is 36.4 Å². The van der Waals surface area contributed by atoms with Crippen molar-refractivity contribution in [2.75, 3.05) is 0 Å². The lowest BCUT2D eigenvalue weighted by Crippen LogP contribution is -2.41. The van der Waals surface area contributed by atoms with Crippen LogP contribution >= 0.6 is 0 Å². The average molecular weight is 371 g/mol. The highest BCUT2D eigenvalue weighted by Gasteiger charge is 2.51. The second kappa shape index (κ2) is 6.10. The molecule has 142 valence electrons. The average Bonchev–Trinajstić information content (AvgIpc) is 3.12. The number of fused-ring (bicyclic) bond motifs is 3. The second-order valence-corrected chi connectivity index (χ2v) is 8.84. The Balaban J connectivity index is 1.67. The molecule has 1 aliphatic heterocycles. The molecule has 0 spiro atoms. The van der Waals surface area contributed by atoms with Crippen LogP contribution < -0.4 is 5.46 Å². The van der Waals surface area contributed by atoms with E-state index in [1.54, 1.807) is 0 Å². The zero-order valence-corrected chi connectivity index (χ0v) is 17.0. The summed E-state index contributed by atoms with van der Waals surface area (Å²) < 4.78 is 15.0. The van der Waals surface area contributed by atoms with Crippen LogP contribution in [0.1, 0.15) is 45.4 Å². The van der Waals surface area contributed by atoms with E-state index in [9.17, 15) is 0 Å². The van der Waals surface area contributed by atoms with E-state index in [-0.39, 0.29) is 18.3 Å². The van der Waals surface area contributed by atoms with Crippen molar-refractivity contribution in [2.24, 2.45) is 0 Å². The van der Waals surface area contributed by atoms with E-state index in [0.29, 0.717) is 0 Å². The summed E-state index contributed by atoms with van der Waals surface area (Å²) in [5, 5.41) is 1.30. The maximum Gasteiger partial charge on any atom is 0.494 e. The third-order valence-electron chi connectivity index (χ3n) is 6.51. The van der Waals surface area contributed by atoms with Crippen LogP contribution in [0.4, 0.5) is 0 Å². The summed E-state index contributed by atoms with van der Waals surface area (Å²) in [4.78, 5) is 0. The molecule has 0 bridgehead atoms. The van der Waals surface area contributed by atoms with Crippen LogP contribution in [0.25, 0.3) is 22.7 Å². The van der Waals surface area contributed by atoms with Crippen molar-refractivity contribution in [1.82, 2.24) is 4.57 Å². The maximum atomic E-state index is 6.29. The lowest BCUT2D eigenvalue weighted by atomic mass is 9.78. The normalized spacial score (nSPS) is 19.9. The van der Waals surface area contributed by atoms with Gasteiger partial charge in [-0.2, -0.15) is 0 Å². The molecule has 0 amide bonds. The molecule has 1 fully saturated rings. The lowest BCUT2D eigenvalue weighted by Gasteiger charge is -2.32. The number of aryl methyl sites for hydroxylation is 1. The number of rotatable bonds is 2. The smallest absolute Gasteiger partial charge is 0.399 e. The third kappa shape index (κ3) is 2.59. The first-order valence-corrected chi connectivity index (χ1v) is 10.1. The van der Waals surface area contributed by atoms with Crippen LogP contribution in [0, 0.1) is 0 Å². The minimum atomic E-state index is -0.329. The number of nitrogens with zero attached hydrogens (tertiary/aromatic N) is 1. The van der Waals surface area contributed by atoms with Crippen LogP contribution in [-0.4, -0.2) is 22.9 Å². The van der Waals surface area contributed by atoms with E-state index in [1.807, 2.05) is 0 Å². The van der Waals surface area contributed by atoms with Gasteiger partial charge in [0.25, 0.3) is 0 Å². The van der Waals surface area contributed by atoms with E-state index >= 15 is 0 Å². The number of hydrogen-bond acceptors (Lipinski definition) is 2. The Morgan fingerprint density at radius 3 is 2.36 bits per heavy atom. The Kier molecular flexibility index (Phi) is 3.87. The first-order valence-electron chi connectivity index (χ1n) is 10.1. The van der Waals surface area contributed by atoms with Crippen LogP contribution in [0.15, 0.2) is 54.6 Å². The SMILES string of the molecule is CC1(C)OB(c2ccc3c(c2)c2c(n3-c3ccccc3)C=CCC2)OC1(C)C. The molecule has 1 aromatic heterocycles. The molecule has 5 rings (SSSR count). The number of hydrogen-bond donors (Lipinski definition) is 0. The van der Waals surface area contributed by atoms with E-state index in [0.717, 1.165) is 18.3 Å². The summed E-state index contributed by atoms with van der Waals surface area (Å²) in [5.41, 5.74) is 5.58. The zero-order valence-electron chi connectivity index (χ0n) is 17.0. The van der Waals surface area contributed by atoms with Gasteiger partial charge in [-0.05, 0) is 75.8 Å². The lowest BCUT2D eigenvalue weighted by molar-refractivity contribution is 0.00578. The Hall–Kier alpha value is -2.30. The molecule has 2 heterocycles. The molecule has 1 saturated heterocycles. The highest BCUT2D eigenvalue weighted by Crippen LogP contribution is 2.38.